The molecule has 11 heteroatoms. The standard InChI is InChI=1S/C19H17Cl2F3N2O4/c1-30-17(27)15-3-2-14(9-16(15)26(28)29)25-5-4-18(10-25,19(22,23)24)11-6-12(20)8-13(21)7-11/h2-3,6-9,28-29H,4-5,10H2,1H3. The first-order valence-electron chi connectivity index (χ1n) is 8.67. The molecule has 6 nitrogen and oxygen atoms in total. The molecule has 1 aliphatic rings. The van der Waals surface area contributed by atoms with E-state index in [1.165, 1.54) is 41.3 Å². The molecule has 2 aromatic carbocycles. The Morgan fingerprint density at radius 3 is 2.33 bits per heavy atom. The lowest BCUT2D eigenvalue weighted by molar-refractivity contribution is -0.184. The highest BCUT2D eigenvalue weighted by Crippen LogP contribution is 2.49. The van der Waals surface area contributed by atoms with Crippen LogP contribution >= 0.6 is 23.2 Å². The molecular weight excluding hydrogens is 448 g/mol. The molecule has 2 aromatic rings. The Morgan fingerprint density at radius 2 is 1.80 bits per heavy atom. The van der Waals surface area contributed by atoms with Crippen molar-refractivity contribution in [2.45, 2.75) is 18.0 Å². The summed E-state index contributed by atoms with van der Waals surface area (Å²) >= 11 is 11.9. The van der Waals surface area contributed by atoms with Gasteiger partial charge in [0.25, 0.3) is 0 Å². The minimum Gasteiger partial charge on any atom is -0.465 e. The topological polar surface area (TPSA) is 73.2 Å². The maximum Gasteiger partial charge on any atom is 0.400 e. The summed E-state index contributed by atoms with van der Waals surface area (Å²) in [5.74, 6) is -0.829. The average molecular weight is 465 g/mol. The zero-order valence-electron chi connectivity index (χ0n) is 15.6. The predicted octanol–water partition coefficient (Wildman–Crippen LogP) is 5.08. The van der Waals surface area contributed by atoms with Crippen LogP contribution in [0.5, 0.6) is 0 Å². The summed E-state index contributed by atoms with van der Waals surface area (Å²) in [4.78, 5) is 13.2. The first-order valence-corrected chi connectivity index (χ1v) is 9.42. The number of methoxy groups -OCH3 is 1. The number of benzene rings is 2. The Balaban J connectivity index is 2.03. The molecule has 1 atom stereocenters. The van der Waals surface area contributed by atoms with Crippen molar-refractivity contribution in [1.29, 1.82) is 0 Å². The number of carbonyl (C=O) groups excluding carboxylic acids is 1. The number of nitrogens with zero attached hydrogens (tertiary/aromatic N) is 2. The van der Waals surface area contributed by atoms with Crippen molar-refractivity contribution in [3.63, 3.8) is 0 Å². The van der Waals surface area contributed by atoms with Crippen molar-refractivity contribution < 1.29 is 33.1 Å². The lowest BCUT2D eigenvalue weighted by Crippen LogP contribution is -2.44. The monoisotopic (exact) mass is 464 g/mol. The van der Waals surface area contributed by atoms with E-state index in [1.807, 2.05) is 0 Å². The van der Waals surface area contributed by atoms with Crippen molar-refractivity contribution >= 4 is 40.5 Å². The van der Waals surface area contributed by atoms with E-state index in [4.69, 9.17) is 23.2 Å². The zero-order chi connectivity index (χ0) is 22.3. The van der Waals surface area contributed by atoms with Crippen LogP contribution in [0.1, 0.15) is 22.3 Å². The third-order valence-corrected chi connectivity index (χ3v) is 5.63. The molecule has 1 unspecified atom stereocenters. The van der Waals surface area contributed by atoms with E-state index in [0.29, 0.717) is 0 Å². The summed E-state index contributed by atoms with van der Waals surface area (Å²) in [5, 5.41) is 18.8. The number of esters is 1. The first-order chi connectivity index (χ1) is 14.0. The summed E-state index contributed by atoms with van der Waals surface area (Å²) < 4.78 is 47.2. The van der Waals surface area contributed by atoms with Crippen LogP contribution in [0.3, 0.4) is 0 Å². The second-order valence-corrected chi connectivity index (χ2v) is 7.76. The van der Waals surface area contributed by atoms with Gasteiger partial charge in [0.2, 0.25) is 0 Å². The average Bonchev–Trinajstić information content (AvgIpc) is 3.13. The van der Waals surface area contributed by atoms with Crippen LogP contribution in [-0.4, -0.2) is 42.8 Å². The van der Waals surface area contributed by atoms with E-state index in [0.717, 1.165) is 7.11 Å². The lowest BCUT2D eigenvalue weighted by atomic mass is 9.79. The molecule has 2 N–H and O–H groups in total. The third-order valence-electron chi connectivity index (χ3n) is 5.19. The second kappa shape index (κ2) is 8.14. The lowest BCUT2D eigenvalue weighted by Gasteiger charge is -2.33. The van der Waals surface area contributed by atoms with Gasteiger partial charge in [0.15, 0.2) is 0 Å². The van der Waals surface area contributed by atoms with E-state index < -0.39 is 24.1 Å². The van der Waals surface area contributed by atoms with Gasteiger partial charge in [-0.05, 0) is 48.4 Å². The number of hydrogen-bond acceptors (Lipinski definition) is 6. The smallest absolute Gasteiger partial charge is 0.400 e. The second-order valence-electron chi connectivity index (χ2n) is 6.89. The Hall–Kier alpha value is -2.20. The normalized spacial score (nSPS) is 19.1. The minimum absolute atomic E-state index is 0.0253. The molecule has 3 rings (SSSR count). The maximum atomic E-state index is 14.2. The summed E-state index contributed by atoms with van der Waals surface area (Å²) in [6.45, 7) is -0.418. The summed E-state index contributed by atoms with van der Waals surface area (Å²) in [7, 11) is 1.12. The van der Waals surface area contributed by atoms with E-state index >= 15 is 0 Å². The van der Waals surface area contributed by atoms with Gasteiger partial charge < -0.3 is 9.64 Å². The van der Waals surface area contributed by atoms with E-state index in [-0.39, 0.29) is 50.7 Å². The van der Waals surface area contributed by atoms with Gasteiger partial charge >= 0.3 is 12.1 Å². The number of hydrogen-bond donors (Lipinski definition) is 2. The van der Waals surface area contributed by atoms with Gasteiger partial charge in [0.1, 0.15) is 11.1 Å². The summed E-state index contributed by atoms with van der Waals surface area (Å²) in [6, 6.07) is 7.72. The van der Waals surface area contributed by atoms with Crippen LogP contribution in [0.25, 0.3) is 0 Å². The fourth-order valence-electron chi connectivity index (χ4n) is 3.66. The predicted molar refractivity (Wildman–Crippen MR) is 105 cm³/mol. The van der Waals surface area contributed by atoms with Gasteiger partial charge in [-0.1, -0.05) is 23.2 Å². The van der Waals surface area contributed by atoms with Crippen LogP contribution in [0.15, 0.2) is 36.4 Å². The van der Waals surface area contributed by atoms with E-state index in [1.54, 1.807) is 0 Å². The highest BCUT2D eigenvalue weighted by atomic mass is 35.5. The van der Waals surface area contributed by atoms with Crippen molar-refractivity contribution in [2.75, 3.05) is 30.3 Å². The summed E-state index contributed by atoms with van der Waals surface area (Å²) in [5.41, 5.74) is -2.48. The van der Waals surface area contributed by atoms with Crippen molar-refractivity contribution in [2.24, 2.45) is 0 Å². The van der Waals surface area contributed by atoms with Gasteiger partial charge in [-0.2, -0.15) is 13.2 Å². The van der Waals surface area contributed by atoms with Crippen LogP contribution in [-0.2, 0) is 10.2 Å². The SMILES string of the molecule is COC(=O)c1ccc(N2CCC(c3cc(Cl)cc(Cl)c3)(C(F)(F)F)C2)cc1N(O)O. The van der Waals surface area contributed by atoms with Gasteiger partial charge in [0, 0.05) is 28.8 Å². The molecule has 1 aliphatic heterocycles. The van der Waals surface area contributed by atoms with E-state index in [9.17, 15) is 28.4 Å². The van der Waals surface area contributed by atoms with Crippen molar-refractivity contribution in [1.82, 2.24) is 0 Å². The Labute approximate surface area is 179 Å². The Kier molecular flexibility index (Phi) is 6.10. The number of alkyl halides is 3. The Morgan fingerprint density at radius 1 is 1.17 bits per heavy atom. The van der Waals surface area contributed by atoms with Gasteiger partial charge in [-0.25, -0.2) is 4.79 Å². The fourth-order valence-corrected chi connectivity index (χ4v) is 4.18. The molecule has 0 bridgehead atoms. The van der Waals surface area contributed by atoms with Crippen LogP contribution in [0, 0.1) is 0 Å². The zero-order valence-corrected chi connectivity index (χ0v) is 17.1. The largest absolute Gasteiger partial charge is 0.465 e. The van der Waals surface area contributed by atoms with Gasteiger partial charge in [0.05, 0.1) is 12.7 Å². The number of anilines is 2. The molecule has 162 valence electrons. The molecule has 0 spiro atoms. The highest BCUT2D eigenvalue weighted by molar-refractivity contribution is 6.34. The molecule has 1 fully saturated rings. The quantitative estimate of drug-likeness (QED) is 0.485. The number of halogens is 5. The number of ether oxygens (including phenoxy) is 1. The van der Waals surface area contributed by atoms with Crippen molar-refractivity contribution in [3.05, 3.63) is 57.6 Å². The van der Waals surface area contributed by atoms with Gasteiger partial charge in [-0.15, -0.1) is 5.23 Å². The molecule has 0 saturated carbocycles. The van der Waals surface area contributed by atoms with Crippen LogP contribution < -0.4 is 10.1 Å². The van der Waals surface area contributed by atoms with E-state index in [2.05, 4.69) is 4.74 Å². The van der Waals surface area contributed by atoms with Gasteiger partial charge in [-0.3, -0.25) is 10.4 Å². The minimum atomic E-state index is -4.59. The number of carbonyl (C=O) groups is 1. The maximum absolute atomic E-state index is 14.2. The molecule has 0 radical (unpaired) electrons. The summed E-state index contributed by atoms with van der Waals surface area (Å²) in [6.07, 6.45) is -4.85. The molecule has 0 aromatic heterocycles. The fraction of sp³-hybridized carbons (Fsp3) is 0.316. The van der Waals surface area contributed by atoms with Crippen LogP contribution in [0.2, 0.25) is 10.0 Å². The molecule has 30 heavy (non-hydrogen) atoms. The molecular formula is C19H17Cl2F3N2O4. The number of rotatable bonds is 4. The highest BCUT2D eigenvalue weighted by Gasteiger charge is 2.59. The molecule has 0 amide bonds. The van der Waals surface area contributed by atoms with Crippen molar-refractivity contribution in [3.8, 4) is 0 Å². The third kappa shape index (κ3) is 4.02. The van der Waals surface area contributed by atoms with Crippen LogP contribution in [0.4, 0.5) is 24.5 Å². The molecule has 0 aliphatic carbocycles. The first kappa shape index (κ1) is 22.5. The molecule has 1 heterocycles. The Bertz CT molecular complexity index is 951. The molecule has 1 saturated heterocycles.